The zero-order valence-electron chi connectivity index (χ0n) is 11.1. The number of phenols is 1. The molecule has 0 aliphatic rings. The van der Waals surface area contributed by atoms with E-state index >= 15 is 0 Å². The first kappa shape index (κ1) is 12.0. The van der Waals surface area contributed by atoms with Crippen molar-refractivity contribution in [2.24, 2.45) is 0 Å². The zero-order valence-corrected chi connectivity index (χ0v) is 11.1. The first-order valence-electron chi connectivity index (χ1n) is 6.72. The second-order valence-corrected chi connectivity index (χ2v) is 5.07. The molecule has 0 saturated heterocycles. The van der Waals surface area contributed by atoms with E-state index in [-0.39, 0.29) is 11.6 Å². The Bertz CT molecular complexity index is 971. The van der Waals surface area contributed by atoms with E-state index in [2.05, 4.69) is 4.98 Å². The summed E-state index contributed by atoms with van der Waals surface area (Å²) in [6.07, 6.45) is 0. The predicted octanol–water partition coefficient (Wildman–Crippen LogP) is 4.83. The molecule has 3 heteroatoms. The first-order chi connectivity index (χ1) is 10.2. The van der Waals surface area contributed by atoms with Crippen LogP contribution < -0.4 is 0 Å². The van der Waals surface area contributed by atoms with Gasteiger partial charge in [0.2, 0.25) is 0 Å². The zero-order chi connectivity index (χ0) is 14.4. The summed E-state index contributed by atoms with van der Waals surface area (Å²) in [6.45, 7) is 0. The fourth-order valence-electron chi connectivity index (χ4n) is 2.78. The van der Waals surface area contributed by atoms with Crippen LogP contribution >= 0.6 is 0 Å². The van der Waals surface area contributed by atoms with E-state index in [1.165, 1.54) is 6.07 Å². The van der Waals surface area contributed by atoms with Gasteiger partial charge in [-0.25, -0.2) is 4.39 Å². The third-order valence-electron chi connectivity index (χ3n) is 3.79. The Balaban J connectivity index is 2.08. The summed E-state index contributed by atoms with van der Waals surface area (Å²) in [5.74, 6) is -0.272. The minimum atomic E-state index is -0.341. The lowest BCUT2D eigenvalue weighted by molar-refractivity contribution is 0.477. The summed E-state index contributed by atoms with van der Waals surface area (Å²) in [6, 6.07) is 17.9. The molecule has 0 amide bonds. The molecule has 4 rings (SSSR count). The predicted molar refractivity (Wildman–Crippen MR) is 82.9 cm³/mol. The molecule has 1 heterocycles. The molecule has 0 aliphatic heterocycles. The molecule has 4 aromatic rings. The second kappa shape index (κ2) is 4.35. The van der Waals surface area contributed by atoms with Gasteiger partial charge in [-0.05, 0) is 18.2 Å². The highest BCUT2D eigenvalue weighted by Gasteiger charge is 2.13. The Hall–Kier alpha value is -2.81. The van der Waals surface area contributed by atoms with Crippen molar-refractivity contribution in [2.45, 2.75) is 0 Å². The number of aromatic amines is 1. The summed E-state index contributed by atoms with van der Waals surface area (Å²) >= 11 is 0. The highest BCUT2D eigenvalue weighted by molar-refractivity contribution is 6.09. The Morgan fingerprint density at radius 1 is 0.762 bits per heavy atom. The molecule has 1 aromatic heterocycles. The van der Waals surface area contributed by atoms with E-state index < -0.39 is 0 Å². The molecule has 0 atom stereocenters. The van der Waals surface area contributed by atoms with Crippen LogP contribution in [0.25, 0.3) is 32.9 Å². The highest BCUT2D eigenvalue weighted by atomic mass is 19.1. The molecule has 2 nitrogen and oxygen atoms in total. The number of fused-ring (bicyclic) bond motifs is 3. The van der Waals surface area contributed by atoms with Gasteiger partial charge in [0.15, 0.2) is 0 Å². The maximum absolute atomic E-state index is 14.0. The van der Waals surface area contributed by atoms with E-state index in [4.69, 9.17) is 0 Å². The van der Waals surface area contributed by atoms with Crippen LogP contribution in [0, 0.1) is 5.82 Å². The van der Waals surface area contributed by atoms with Crippen molar-refractivity contribution >= 4 is 21.8 Å². The number of hydrogen-bond acceptors (Lipinski definition) is 1. The molecule has 0 unspecified atom stereocenters. The molecule has 0 spiro atoms. The molecule has 102 valence electrons. The van der Waals surface area contributed by atoms with Crippen LogP contribution in [0.3, 0.4) is 0 Å². The lowest BCUT2D eigenvalue weighted by Gasteiger charge is -2.06. The molecule has 0 saturated carbocycles. The van der Waals surface area contributed by atoms with E-state index in [1.807, 2.05) is 30.3 Å². The van der Waals surface area contributed by atoms with Crippen molar-refractivity contribution in [3.63, 3.8) is 0 Å². The fraction of sp³-hybridized carbons (Fsp3) is 0. The van der Waals surface area contributed by atoms with Gasteiger partial charge in [0.1, 0.15) is 11.6 Å². The first-order valence-corrected chi connectivity index (χ1v) is 6.72. The van der Waals surface area contributed by atoms with E-state index in [9.17, 15) is 9.50 Å². The van der Waals surface area contributed by atoms with Gasteiger partial charge in [-0.3, -0.25) is 0 Å². The Kier molecular flexibility index (Phi) is 2.48. The molecule has 0 aliphatic carbocycles. The average Bonchev–Trinajstić information content (AvgIpc) is 2.84. The number of nitrogens with one attached hydrogen (secondary N) is 1. The van der Waals surface area contributed by atoms with Gasteiger partial charge in [-0.2, -0.15) is 0 Å². The van der Waals surface area contributed by atoms with Crippen molar-refractivity contribution < 1.29 is 9.50 Å². The second-order valence-electron chi connectivity index (χ2n) is 5.07. The smallest absolute Gasteiger partial charge is 0.131 e. The fourth-order valence-corrected chi connectivity index (χ4v) is 2.78. The number of hydrogen-bond donors (Lipinski definition) is 2. The Morgan fingerprint density at radius 2 is 1.52 bits per heavy atom. The Morgan fingerprint density at radius 3 is 2.38 bits per heavy atom. The van der Waals surface area contributed by atoms with Gasteiger partial charge in [0.05, 0.1) is 5.52 Å². The monoisotopic (exact) mass is 277 g/mol. The standard InChI is InChI=1S/C18H12FNO/c19-15-7-3-1-5-11(15)14-9-13-12-6-2-4-8-16(12)20-17(13)10-18(14)21/h1-10,20-21H. The van der Waals surface area contributed by atoms with E-state index in [1.54, 1.807) is 24.3 Å². The number of phenolic OH excluding ortho intramolecular Hbond substituents is 1. The molecule has 0 bridgehead atoms. The lowest BCUT2D eigenvalue weighted by Crippen LogP contribution is -1.84. The average molecular weight is 277 g/mol. The van der Waals surface area contributed by atoms with Gasteiger partial charge >= 0.3 is 0 Å². The minimum absolute atomic E-state index is 0.0687. The molecule has 3 aromatic carbocycles. The Labute approximate surface area is 120 Å². The third kappa shape index (κ3) is 1.78. The topological polar surface area (TPSA) is 36.0 Å². The summed E-state index contributed by atoms with van der Waals surface area (Å²) in [5, 5.41) is 12.3. The molecule has 2 N–H and O–H groups in total. The number of benzene rings is 3. The maximum atomic E-state index is 14.0. The van der Waals surface area contributed by atoms with Gasteiger partial charge in [-0.1, -0.05) is 36.4 Å². The van der Waals surface area contributed by atoms with Gasteiger partial charge in [-0.15, -0.1) is 0 Å². The largest absolute Gasteiger partial charge is 0.507 e. The summed E-state index contributed by atoms with van der Waals surface area (Å²) in [5.41, 5.74) is 2.75. The minimum Gasteiger partial charge on any atom is -0.507 e. The lowest BCUT2D eigenvalue weighted by atomic mass is 10.0. The molecular weight excluding hydrogens is 265 g/mol. The van der Waals surface area contributed by atoms with Crippen molar-refractivity contribution in [3.8, 4) is 16.9 Å². The van der Waals surface area contributed by atoms with Crippen molar-refractivity contribution in [3.05, 3.63) is 66.5 Å². The van der Waals surface area contributed by atoms with Crippen LogP contribution in [0.1, 0.15) is 0 Å². The maximum Gasteiger partial charge on any atom is 0.131 e. The number of aromatic nitrogens is 1. The van der Waals surface area contributed by atoms with Gasteiger partial charge in [0.25, 0.3) is 0 Å². The van der Waals surface area contributed by atoms with Crippen LogP contribution in [-0.2, 0) is 0 Å². The molecular formula is C18H12FNO. The van der Waals surface area contributed by atoms with Gasteiger partial charge in [0, 0.05) is 33.5 Å². The summed E-state index contributed by atoms with van der Waals surface area (Å²) in [4.78, 5) is 3.26. The van der Waals surface area contributed by atoms with Crippen LogP contribution in [0.5, 0.6) is 5.75 Å². The number of halogens is 1. The third-order valence-corrected chi connectivity index (χ3v) is 3.79. The van der Waals surface area contributed by atoms with E-state index in [0.29, 0.717) is 11.1 Å². The molecule has 0 radical (unpaired) electrons. The van der Waals surface area contributed by atoms with Crippen LogP contribution in [-0.4, -0.2) is 10.1 Å². The number of para-hydroxylation sites is 1. The van der Waals surface area contributed by atoms with Crippen molar-refractivity contribution in [1.82, 2.24) is 4.98 Å². The number of rotatable bonds is 1. The highest BCUT2D eigenvalue weighted by Crippen LogP contribution is 2.37. The van der Waals surface area contributed by atoms with Crippen LogP contribution in [0.4, 0.5) is 4.39 Å². The molecule has 21 heavy (non-hydrogen) atoms. The van der Waals surface area contributed by atoms with Gasteiger partial charge < -0.3 is 10.1 Å². The van der Waals surface area contributed by atoms with E-state index in [0.717, 1.165) is 21.8 Å². The van der Waals surface area contributed by atoms with Crippen molar-refractivity contribution in [2.75, 3.05) is 0 Å². The number of H-pyrrole nitrogens is 1. The SMILES string of the molecule is Oc1cc2[nH]c3ccccc3c2cc1-c1ccccc1F. The van der Waals surface area contributed by atoms with Crippen LogP contribution in [0.15, 0.2) is 60.7 Å². The van der Waals surface area contributed by atoms with Crippen LogP contribution in [0.2, 0.25) is 0 Å². The summed E-state index contributed by atoms with van der Waals surface area (Å²) < 4.78 is 14.0. The number of aromatic hydroxyl groups is 1. The molecule has 0 fully saturated rings. The summed E-state index contributed by atoms with van der Waals surface area (Å²) in [7, 11) is 0. The normalized spacial score (nSPS) is 11.3. The van der Waals surface area contributed by atoms with Crippen molar-refractivity contribution in [1.29, 1.82) is 0 Å². The quantitative estimate of drug-likeness (QED) is 0.513.